The van der Waals surface area contributed by atoms with Crippen molar-refractivity contribution in [1.29, 1.82) is 0 Å². The van der Waals surface area contributed by atoms with Gasteiger partial charge in [0.25, 0.3) is 0 Å². The van der Waals surface area contributed by atoms with Gasteiger partial charge in [-0.1, -0.05) is 12.1 Å². The molecule has 17 heteroatoms. The molecule has 8 nitrogen and oxygen atoms in total. The van der Waals surface area contributed by atoms with E-state index in [1.807, 2.05) is 24.3 Å². The molecule has 0 saturated heterocycles. The third-order valence-corrected chi connectivity index (χ3v) is 5.43. The van der Waals surface area contributed by atoms with Crippen LogP contribution in [0.25, 0.3) is 33.3 Å². The van der Waals surface area contributed by atoms with E-state index in [1.165, 1.54) is 36.4 Å². The zero-order chi connectivity index (χ0) is 25.5. The molecule has 0 bridgehead atoms. The van der Waals surface area contributed by atoms with Gasteiger partial charge in [0, 0.05) is 174 Å². The van der Waals surface area contributed by atoms with Gasteiger partial charge in [0.05, 0.1) is 5.52 Å². The van der Waals surface area contributed by atoms with Gasteiger partial charge in [0.2, 0.25) is 0 Å². The smallest absolute Gasteiger partial charge is 0.423 e. The van der Waals surface area contributed by atoms with E-state index in [-0.39, 0.29) is 167 Å². The molecular weight excluding hydrogens is 1720 g/mol. The van der Waals surface area contributed by atoms with Gasteiger partial charge in [-0.05, 0) is 82.1 Å². The Bertz CT molecular complexity index is 1580. The van der Waals surface area contributed by atoms with Crippen molar-refractivity contribution >= 4 is 50.6 Å². The minimum absolute atomic E-state index is 0. The van der Waals surface area contributed by atoms with E-state index in [2.05, 4.69) is 46.3 Å². The molecule has 0 radical (unpaired) electrons. The maximum Gasteiger partial charge on any atom is 0.488 e. The molecule has 0 atom stereocenters. The van der Waals surface area contributed by atoms with Gasteiger partial charge in [-0.3, -0.25) is 20.2 Å². The van der Waals surface area contributed by atoms with Gasteiger partial charge in [0.1, 0.15) is 38.5 Å². The summed E-state index contributed by atoms with van der Waals surface area (Å²) in [7, 11) is -1.51. The van der Waals surface area contributed by atoms with Crippen molar-refractivity contribution in [2.75, 3.05) is 0 Å². The Hall–Kier alpha value is 1.26. The molecule has 4 aromatic heterocycles. The third-order valence-electron chi connectivity index (χ3n) is 4.87. The van der Waals surface area contributed by atoms with Crippen LogP contribution in [-0.2, 0) is 0 Å². The van der Waals surface area contributed by atoms with Gasteiger partial charge in [0.15, 0.2) is 0 Å². The summed E-state index contributed by atoms with van der Waals surface area (Å²) in [6.07, 6.45) is 3.45. The average molecular weight is 1740 g/mol. The number of fused-ring (bicyclic) bond motifs is 2. The van der Waals surface area contributed by atoms with Crippen molar-refractivity contribution < 1.29 is 174 Å². The van der Waals surface area contributed by atoms with Crippen molar-refractivity contribution in [3.05, 3.63) is 101 Å². The molecule has 4 N–H and O–H groups in total. The van der Waals surface area contributed by atoms with Crippen molar-refractivity contribution in [1.82, 2.24) is 30.4 Å². The molecule has 4 heterocycles. The Labute approximate surface area is 361 Å². The van der Waals surface area contributed by atoms with E-state index < -0.39 is 7.12 Å². The third kappa shape index (κ3) is 13.3. The van der Waals surface area contributed by atoms with E-state index in [0.29, 0.717) is 5.46 Å². The quantitative estimate of drug-likeness (QED) is 0.195. The van der Waals surface area contributed by atoms with Crippen LogP contribution < -0.4 is 5.46 Å². The topological polar surface area (TPSA) is 124 Å². The number of aromatic amines is 2. The van der Waals surface area contributed by atoms with Crippen LogP contribution in [0.15, 0.2) is 89.8 Å². The Morgan fingerprint density at radius 2 is 1.20 bits per heavy atom. The molecule has 0 unspecified atom stereocenters. The van der Waals surface area contributed by atoms with Gasteiger partial charge >= 0.3 is 7.12 Å². The maximum absolute atomic E-state index is 12.8. The molecule has 0 fully saturated rings. The van der Waals surface area contributed by atoms with E-state index in [1.54, 1.807) is 24.5 Å². The maximum atomic E-state index is 12.8. The first kappa shape index (κ1) is 44.4. The molecule has 2 aromatic carbocycles. The second kappa shape index (κ2) is 22.7. The fraction of sp³-hybridized carbons (Fsp3) is 0. The first-order valence-electron chi connectivity index (χ1n) is 10.5. The summed E-state index contributed by atoms with van der Waals surface area (Å²) in [5.41, 5.74) is 5.33. The summed E-state index contributed by atoms with van der Waals surface area (Å²) in [5.74, 6) is -0.638. The number of H-pyrrole nitrogens is 2. The van der Waals surface area contributed by atoms with Crippen molar-refractivity contribution in [2.45, 2.75) is 0 Å². The molecule has 6 aromatic rings. The number of nitrogens with one attached hydrogen (secondary N) is 2. The second-order valence-corrected chi connectivity index (χ2v) is 8.11. The molecule has 41 heavy (non-hydrogen) atoms. The largest absolute Gasteiger partial charge is 0.488 e. The number of halogens is 3. The summed E-state index contributed by atoms with van der Waals surface area (Å²) >= 11 is 3.29. The minimum Gasteiger partial charge on any atom is -0.423 e. The summed E-state index contributed by atoms with van der Waals surface area (Å²) in [6.45, 7) is 0. The molecule has 0 spiro atoms. The van der Waals surface area contributed by atoms with Crippen LogP contribution in [0.3, 0.4) is 0 Å². The molecule has 0 saturated carbocycles. The van der Waals surface area contributed by atoms with Crippen LogP contribution in [0.2, 0.25) is 0 Å². The molecule has 0 amide bonds. The van der Waals surface area contributed by atoms with E-state index in [9.17, 15) is 8.78 Å². The summed E-state index contributed by atoms with van der Waals surface area (Å²) in [4.78, 5) is 8.35. The van der Waals surface area contributed by atoms with E-state index in [0.717, 1.165) is 37.9 Å². The van der Waals surface area contributed by atoms with Crippen molar-refractivity contribution in [3.63, 3.8) is 0 Å². The predicted molar refractivity (Wildman–Crippen MR) is 137 cm³/mol. The van der Waals surface area contributed by atoms with Crippen molar-refractivity contribution in [2.24, 2.45) is 0 Å². The minimum atomic E-state index is -1.51. The molecule has 200 valence electrons. The van der Waals surface area contributed by atoms with Crippen LogP contribution in [-0.4, -0.2) is 47.5 Å². The van der Waals surface area contributed by atoms with E-state index >= 15 is 0 Å². The first-order chi connectivity index (χ1) is 17.4. The summed E-state index contributed by atoms with van der Waals surface area (Å²) in [6, 6.07) is 18.7. The van der Waals surface area contributed by atoms with Gasteiger partial charge in [-0.15, -0.1) is 0 Å². The van der Waals surface area contributed by atoms with Crippen molar-refractivity contribution in [3.8, 4) is 11.3 Å². The van der Waals surface area contributed by atoms with Crippen LogP contribution in [0.5, 0.6) is 0 Å². The fourth-order valence-electron chi connectivity index (χ4n) is 3.12. The Kier molecular flexibility index (Phi) is 24.6. The van der Waals surface area contributed by atoms with Crippen LogP contribution in [0, 0.1) is 167 Å². The van der Waals surface area contributed by atoms with Crippen LogP contribution >= 0.6 is 15.9 Å². The van der Waals surface area contributed by atoms with Crippen LogP contribution in [0.4, 0.5) is 8.78 Å². The number of nitrogens with zero attached hydrogens (tertiary/aromatic N) is 4. The Morgan fingerprint density at radius 1 is 0.659 bits per heavy atom. The zero-order valence-electron chi connectivity index (χ0n) is 21.0. The molecule has 6 rings (SSSR count). The Morgan fingerprint density at radius 3 is 1.76 bits per heavy atom. The first-order valence-corrected chi connectivity index (χ1v) is 11.3. The number of rotatable bonds is 2. The molecule has 0 aliphatic rings. The fourth-order valence-corrected chi connectivity index (χ4v) is 3.51. The summed E-state index contributed by atoms with van der Waals surface area (Å²) in [5, 5.41) is 30.9. The van der Waals surface area contributed by atoms with Gasteiger partial charge < -0.3 is 10.0 Å². The number of pyridine rings is 2. The number of benzene rings is 2. The monoisotopic (exact) mass is 1740 g/mol. The van der Waals surface area contributed by atoms with Crippen LogP contribution in [0.1, 0.15) is 0 Å². The Balaban J connectivity index is 0. The summed E-state index contributed by atoms with van der Waals surface area (Å²) < 4.78 is 25.8. The average Bonchev–Trinajstić information content (AvgIpc) is 3.50. The van der Waals surface area contributed by atoms with E-state index in [4.69, 9.17) is 10.0 Å². The number of aromatic nitrogens is 6. The van der Waals surface area contributed by atoms with Gasteiger partial charge in [-0.25, -0.2) is 8.78 Å². The second-order valence-electron chi connectivity index (χ2n) is 7.31. The standard InChI is InChI=1S/C12H8FN3.C6H6BFO2.C6H4BrN3.5U/c13-9-5-3-8(4-6-9)11-12-10(15-16-11)2-1-7-14-12;8-6-3-1-5(2-4-6)7(9)10;7-6-5-4(9-10-6)2-1-3-8-5;;;;;/h1-7H,(H,15,16);1-4,9-10H;1-3H,(H,9,10);;;;;. The molecule has 0 aliphatic heterocycles. The number of hydrogen-bond acceptors (Lipinski definition) is 6. The predicted octanol–water partition coefficient (Wildman–Crippen LogP) is 3.99. The molecular formula is C24H18BBrF2N6O2U5. The number of hydrogen-bond donors (Lipinski definition) is 4. The van der Waals surface area contributed by atoms with Gasteiger partial charge in [-0.2, -0.15) is 10.2 Å². The normalized spacial score (nSPS) is 9.10. The molecule has 0 aliphatic carbocycles. The SMILES string of the molecule is Brc1[nH]nc2cccnc12.Fc1ccc(-c2n[nH]c3cccnc23)cc1.OB(O)c1ccc(F)cc1.[U].[U].[U].[U].[U]. The zero-order valence-corrected chi connectivity index (χ0v) is 43.4.